The Morgan fingerprint density at radius 1 is 1.15 bits per heavy atom. The maximum Gasteiger partial charge on any atom is 0.481 e. The third-order valence-electron chi connectivity index (χ3n) is 8.49. The summed E-state index contributed by atoms with van der Waals surface area (Å²) in [4.78, 5) is 89.1. The SMILES string of the molecule is [2H]C1(N)N=CN=C2C1=NCN2[C@@H]1O[C@H](COP(=O)(O)OP(=O)(O)OCC(C)(C)[C@@H](O)C(=O)NCCC(=O)NCCSC(=O)/C=C/c2ccc(O)c(OC)c2)[C@@H](OP(=O)(O)O)[C@H]1O. The van der Waals surface area contributed by atoms with Crippen molar-refractivity contribution in [3.63, 3.8) is 0 Å². The van der Waals surface area contributed by atoms with Gasteiger partial charge >= 0.3 is 23.5 Å². The van der Waals surface area contributed by atoms with E-state index in [4.69, 9.17) is 25.6 Å². The molecule has 3 aliphatic rings. The van der Waals surface area contributed by atoms with Gasteiger partial charge in [0.25, 0.3) is 0 Å². The van der Waals surface area contributed by atoms with Gasteiger partial charge in [0.05, 0.1) is 21.7 Å². The number of amidine groups is 1. The lowest BCUT2D eigenvalue weighted by molar-refractivity contribution is -0.137. The second kappa shape index (κ2) is 21.3. The molecule has 8 atom stereocenters. The van der Waals surface area contributed by atoms with Gasteiger partial charge in [-0.25, -0.2) is 23.7 Å². The number of aliphatic imine (C=N–C) groups is 3. The molecule has 3 heterocycles. The van der Waals surface area contributed by atoms with E-state index in [0.29, 0.717) is 5.56 Å². The number of aromatic hydroxyl groups is 1. The second-order valence-electron chi connectivity index (χ2n) is 13.6. The van der Waals surface area contributed by atoms with Crippen LogP contribution in [0.3, 0.4) is 0 Å². The fraction of sp³-hybridized carbons (Fsp3) is 0.548. The van der Waals surface area contributed by atoms with Gasteiger partial charge < -0.3 is 65.6 Å². The van der Waals surface area contributed by atoms with Gasteiger partial charge in [0, 0.05) is 30.7 Å². The summed E-state index contributed by atoms with van der Waals surface area (Å²) in [5, 5.41) is 35.8. The number of benzene rings is 1. The topological polar surface area (TPSA) is 390 Å². The van der Waals surface area contributed by atoms with E-state index < -0.39 is 90.7 Å². The summed E-state index contributed by atoms with van der Waals surface area (Å²) in [6.07, 6.45) is -7.62. The van der Waals surface area contributed by atoms with Crippen LogP contribution in [0.1, 0.15) is 27.2 Å². The number of nitrogens with zero attached hydrogens (tertiary/aromatic N) is 4. The molecular formula is C31H46N7O19P3S. The maximum atomic E-state index is 12.7. The Hall–Kier alpha value is -3.46. The molecular weight excluding hydrogens is 899 g/mol. The van der Waals surface area contributed by atoms with Crippen molar-refractivity contribution in [2.45, 2.75) is 57.1 Å². The summed E-state index contributed by atoms with van der Waals surface area (Å²) in [6.45, 7) is -0.0789. The molecule has 0 saturated carbocycles. The lowest BCUT2D eigenvalue weighted by Crippen LogP contribution is -2.49. The number of rotatable bonds is 22. The number of phenolic OH excluding ortho intramolecular Hbond substituents is 1. The summed E-state index contributed by atoms with van der Waals surface area (Å²) in [6, 6.07) is 4.55. The molecule has 3 unspecified atom stereocenters. The van der Waals surface area contributed by atoms with E-state index in [1.807, 2.05) is 0 Å². The molecule has 2 amide bonds. The Morgan fingerprint density at radius 2 is 1.85 bits per heavy atom. The number of nitrogens with two attached hydrogens (primary N) is 1. The third-order valence-corrected chi connectivity index (χ3v) is 12.4. The number of carbonyl (C=O) groups is 3. The first-order chi connectivity index (χ1) is 28.7. The predicted molar refractivity (Wildman–Crippen MR) is 214 cm³/mol. The zero-order valence-corrected chi connectivity index (χ0v) is 35.9. The minimum Gasteiger partial charge on any atom is -0.504 e. The normalized spacial score (nSPS) is 25.5. The monoisotopic (exact) mass is 946 g/mol. The number of hydrogen-bond donors (Lipinski definition) is 10. The summed E-state index contributed by atoms with van der Waals surface area (Å²) >= 11 is 0.932. The maximum absolute atomic E-state index is 12.7. The summed E-state index contributed by atoms with van der Waals surface area (Å²) in [7, 11) is -15.1. The smallest absolute Gasteiger partial charge is 0.481 e. The molecule has 4 rings (SSSR count). The van der Waals surface area contributed by atoms with Crippen molar-refractivity contribution >= 4 is 76.1 Å². The Balaban J connectivity index is 1.19. The average Bonchev–Trinajstić information content (AvgIpc) is 3.74. The molecule has 1 fully saturated rings. The van der Waals surface area contributed by atoms with Gasteiger partial charge in [-0.05, 0) is 23.8 Å². The summed E-state index contributed by atoms with van der Waals surface area (Å²) in [5.74, 6) is -1.17. The van der Waals surface area contributed by atoms with Crippen LogP contribution in [0.5, 0.6) is 11.5 Å². The van der Waals surface area contributed by atoms with E-state index in [9.17, 15) is 63.0 Å². The van der Waals surface area contributed by atoms with E-state index >= 15 is 0 Å². The van der Waals surface area contributed by atoms with Crippen molar-refractivity contribution in [2.24, 2.45) is 26.1 Å². The van der Waals surface area contributed by atoms with Crippen LogP contribution in [0.4, 0.5) is 0 Å². The number of amides is 2. The Bertz CT molecular complexity index is 2110. The molecule has 26 nitrogen and oxygen atoms in total. The van der Waals surface area contributed by atoms with E-state index in [0.717, 1.165) is 23.0 Å². The largest absolute Gasteiger partial charge is 0.504 e. The Labute approximate surface area is 353 Å². The minimum atomic E-state index is -5.61. The number of methoxy groups -OCH3 is 1. The molecule has 0 aromatic heterocycles. The van der Waals surface area contributed by atoms with Gasteiger partial charge in [-0.1, -0.05) is 37.8 Å². The number of phosphoric acid groups is 3. The zero-order chi connectivity index (χ0) is 46.3. The third kappa shape index (κ3) is 14.8. The lowest BCUT2D eigenvalue weighted by atomic mass is 9.87. The number of nitrogens with one attached hydrogen (secondary N) is 2. The van der Waals surface area contributed by atoms with E-state index in [1.54, 1.807) is 12.1 Å². The number of phosphoric ester groups is 3. The van der Waals surface area contributed by atoms with Gasteiger partial charge in [0.2, 0.25) is 16.9 Å². The molecule has 11 N–H and O–H groups in total. The van der Waals surface area contributed by atoms with Crippen LogP contribution in [-0.2, 0) is 50.7 Å². The van der Waals surface area contributed by atoms with Crippen LogP contribution in [-0.4, -0.2) is 157 Å². The highest BCUT2D eigenvalue weighted by molar-refractivity contribution is 8.14. The molecule has 0 spiro atoms. The number of carbonyl (C=O) groups excluding carboxylic acids is 3. The van der Waals surface area contributed by atoms with Crippen molar-refractivity contribution in [3.05, 3.63) is 29.8 Å². The number of phenols is 1. The quantitative estimate of drug-likeness (QED) is 0.0376. The van der Waals surface area contributed by atoms with Gasteiger partial charge in [0.15, 0.2) is 23.6 Å². The standard InChI is InChI=1S/C31H46N7O19P3S/c1-31(2,26(43)29(44)34-9-8-21(40)33-10-11-61-22(41)7-5-17-4-6-18(39)19(12-17)52-3)14-54-60(50,51)57-59(48,49)53-13-20-25(56-58(45,46)47)24(42)30(55-20)38-16-37-23-27(32)35-15-36-28(23)38/h4-7,12,15,20,24-27,30,39,42-43H,8-11,13-14,16,32H2,1-3H3,(H,33,40)(H,34,44)(H,48,49)(H,50,51)(H2,45,46,47)/b7-5+/t20-,24-,25-,26+,27?,30-/m1/s1/i27D. The van der Waals surface area contributed by atoms with Crippen molar-refractivity contribution in [2.75, 3.05) is 45.8 Å². The van der Waals surface area contributed by atoms with Gasteiger partial charge in [0.1, 0.15) is 49.3 Å². The molecule has 3 aliphatic heterocycles. The van der Waals surface area contributed by atoms with E-state index in [2.05, 4.69) is 34.4 Å². The number of hydrogen-bond acceptors (Lipinski definition) is 21. The first kappa shape index (κ1) is 48.6. The fourth-order valence-electron chi connectivity index (χ4n) is 5.42. The van der Waals surface area contributed by atoms with Crippen molar-refractivity contribution in [1.29, 1.82) is 0 Å². The van der Waals surface area contributed by atoms with Crippen molar-refractivity contribution in [3.8, 4) is 11.5 Å². The highest BCUT2D eigenvalue weighted by Crippen LogP contribution is 2.61. The Kier molecular flexibility index (Phi) is 16.9. The van der Waals surface area contributed by atoms with Gasteiger partial charge in [-0.15, -0.1) is 0 Å². The highest BCUT2D eigenvalue weighted by Gasteiger charge is 2.53. The molecule has 340 valence electrons. The number of fused-ring (bicyclic) bond motifs is 1. The lowest BCUT2D eigenvalue weighted by Gasteiger charge is -2.30. The van der Waals surface area contributed by atoms with Crippen LogP contribution in [0.2, 0.25) is 0 Å². The molecule has 0 radical (unpaired) electrons. The molecule has 0 bridgehead atoms. The first-order valence-electron chi connectivity index (χ1n) is 18.1. The van der Waals surface area contributed by atoms with Crippen LogP contribution in [0, 0.1) is 5.41 Å². The van der Waals surface area contributed by atoms with Crippen LogP contribution < -0.4 is 21.1 Å². The predicted octanol–water partition coefficient (Wildman–Crippen LogP) is -1.06. The van der Waals surface area contributed by atoms with Crippen LogP contribution >= 0.6 is 35.2 Å². The van der Waals surface area contributed by atoms with E-state index in [1.165, 1.54) is 39.2 Å². The average molecular weight is 947 g/mol. The van der Waals surface area contributed by atoms with Gasteiger partial charge in [-0.2, -0.15) is 4.31 Å². The molecule has 1 aromatic rings. The molecule has 1 aromatic carbocycles. The number of aliphatic hydroxyl groups excluding tert-OH is 2. The van der Waals surface area contributed by atoms with Crippen LogP contribution in [0.15, 0.2) is 39.3 Å². The number of thioether (sulfide) groups is 1. The van der Waals surface area contributed by atoms with Crippen LogP contribution in [0.25, 0.3) is 6.08 Å². The summed E-state index contributed by atoms with van der Waals surface area (Å²) < 4.78 is 74.3. The second-order valence-corrected chi connectivity index (χ2v) is 19.0. The Morgan fingerprint density at radius 3 is 2.54 bits per heavy atom. The van der Waals surface area contributed by atoms with Gasteiger partial charge in [-0.3, -0.25) is 32.9 Å². The first-order valence-corrected chi connectivity index (χ1v) is 23.1. The fourth-order valence-corrected chi connectivity index (χ4v) is 8.82. The van der Waals surface area contributed by atoms with Crippen molar-refractivity contribution in [1.82, 2.24) is 15.5 Å². The minimum absolute atomic E-state index is 0.0510. The molecule has 1 saturated heterocycles. The van der Waals surface area contributed by atoms with E-state index in [-0.39, 0.29) is 60.1 Å². The zero-order valence-electron chi connectivity index (χ0n) is 33.4. The molecule has 30 heteroatoms. The van der Waals surface area contributed by atoms with Crippen molar-refractivity contribution < 1.29 is 91.7 Å². The summed E-state index contributed by atoms with van der Waals surface area (Å²) in [5.41, 5.74) is 4.61. The number of aliphatic hydroxyl groups is 2. The molecule has 61 heavy (non-hydrogen) atoms. The number of ether oxygens (including phenoxy) is 2. The highest BCUT2D eigenvalue weighted by atomic mass is 32.2. The molecule has 0 aliphatic carbocycles.